The van der Waals surface area contributed by atoms with Crippen molar-refractivity contribution in [3.05, 3.63) is 23.8 Å². The van der Waals surface area contributed by atoms with Gasteiger partial charge in [0.1, 0.15) is 11.4 Å². The standard InChI is InChI=1S/C10H17N3O3S/c1-4-16-9(8(3)17(11,14)15)10-12-5-7(2)6-13-10/h5-6,8-9H,4H2,1-3H3,(H2,11,14,15)/t8-,9-/m1/s1. The van der Waals surface area contributed by atoms with Crippen LogP contribution in [0.3, 0.4) is 0 Å². The largest absolute Gasteiger partial charge is 0.369 e. The summed E-state index contributed by atoms with van der Waals surface area (Å²) in [4.78, 5) is 8.15. The van der Waals surface area contributed by atoms with Crippen LogP contribution in [0.15, 0.2) is 12.4 Å². The molecule has 1 heterocycles. The van der Waals surface area contributed by atoms with Crippen LogP contribution in [0.1, 0.15) is 31.3 Å². The maximum Gasteiger partial charge on any atom is 0.214 e. The van der Waals surface area contributed by atoms with Crippen molar-refractivity contribution in [1.82, 2.24) is 9.97 Å². The van der Waals surface area contributed by atoms with Gasteiger partial charge in [0.2, 0.25) is 10.0 Å². The molecule has 0 aliphatic heterocycles. The monoisotopic (exact) mass is 259 g/mol. The number of rotatable bonds is 5. The van der Waals surface area contributed by atoms with Crippen LogP contribution in [0.4, 0.5) is 0 Å². The number of primary sulfonamides is 1. The van der Waals surface area contributed by atoms with Gasteiger partial charge in [-0.1, -0.05) is 0 Å². The first kappa shape index (κ1) is 14.0. The molecule has 17 heavy (non-hydrogen) atoms. The zero-order valence-corrected chi connectivity index (χ0v) is 10.9. The predicted molar refractivity (Wildman–Crippen MR) is 63.7 cm³/mol. The summed E-state index contributed by atoms with van der Waals surface area (Å²) in [6.45, 7) is 5.47. The average Bonchev–Trinajstić information content (AvgIpc) is 2.25. The third-order valence-electron chi connectivity index (χ3n) is 2.35. The Kier molecular flexibility index (Phi) is 4.55. The zero-order valence-electron chi connectivity index (χ0n) is 10.1. The minimum atomic E-state index is -3.69. The van der Waals surface area contributed by atoms with Crippen LogP contribution in [-0.4, -0.2) is 30.2 Å². The van der Waals surface area contributed by atoms with E-state index in [9.17, 15) is 8.42 Å². The quantitative estimate of drug-likeness (QED) is 0.832. The molecule has 96 valence electrons. The Bertz CT molecular complexity index is 458. The maximum absolute atomic E-state index is 11.3. The fraction of sp³-hybridized carbons (Fsp3) is 0.600. The number of hydrogen-bond donors (Lipinski definition) is 1. The molecule has 0 aromatic carbocycles. The molecule has 0 fully saturated rings. The van der Waals surface area contributed by atoms with Crippen molar-refractivity contribution >= 4 is 10.0 Å². The fourth-order valence-electron chi connectivity index (χ4n) is 1.32. The number of ether oxygens (including phenoxy) is 1. The van der Waals surface area contributed by atoms with Crippen molar-refractivity contribution in [2.75, 3.05) is 6.61 Å². The minimum absolute atomic E-state index is 0.332. The van der Waals surface area contributed by atoms with E-state index in [0.717, 1.165) is 5.56 Å². The first-order valence-electron chi connectivity index (χ1n) is 5.28. The third-order valence-corrected chi connectivity index (χ3v) is 3.63. The Morgan fingerprint density at radius 3 is 2.35 bits per heavy atom. The van der Waals surface area contributed by atoms with E-state index in [4.69, 9.17) is 9.88 Å². The van der Waals surface area contributed by atoms with Gasteiger partial charge >= 0.3 is 0 Å². The van der Waals surface area contributed by atoms with Crippen LogP contribution in [0.5, 0.6) is 0 Å². The fourth-order valence-corrected chi connectivity index (χ4v) is 1.87. The second kappa shape index (κ2) is 5.52. The number of aromatic nitrogens is 2. The van der Waals surface area contributed by atoms with E-state index in [1.165, 1.54) is 6.92 Å². The molecule has 2 N–H and O–H groups in total. The van der Waals surface area contributed by atoms with Crippen LogP contribution in [0.2, 0.25) is 0 Å². The third kappa shape index (κ3) is 3.72. The average molecular weight is 259 g/mol. The molecular formula is C10H17N3O3S. The van der Waals surface area contributed by atoms with Crippen molar-refractivity contribution in [3.63, 3.8) is 0 Å². The smallest absolute Gasteiger partial charge is 0.214 e. The maximum atomic E-state index is 11.3. The summed E-state index contributed by atoms with van der Waals surface area (Å²) in [5.74, 6) is 0.332. The number of hydrogen-bond acceptors (Lipinski definition) is 5. The molecule has 0 bridgehead atoms. The molecule has 0 saturated carbocycles. The van der Waals surface area contributed by atoms with Crippen LogP contribution in [-0.2, 0) is 14.8 Å². The molecule has 1 rings (SSSR count). The van der Waals surface area contributed by atoms with Crippen molar-refractivity contribution in [3.8, 4) is 0 Å². The second-order valence-corrected chi connectivity index (χ2v) is 5.71. The van der Waals surface area contributed by atoms with Crippen LogP contribution < -0.4 is 5.14 Å². The molecule has 1 aromatic heterocycles. The highest BCUT2D eigenvalue weighted by atomic mass is 32.2. The van der Waals surface area contributed by atoms with Gasteiger partial charge in [0, 0.05) is 19.0 Å². The zero-order chi connectivity index (χ0) is 13.1. The van der Waals surface area contributed by atoms with E-state index in [0.29, 0.717) is 12.4 Å². The molecule has 0 saturated heterocycles. The number of sulfonamides is 1. The van der Waals surface area contributed by atoms with Gasteiger partial charge in [-0.15, -0.1) is 0 Å². The molecule has 2 atom stereocenters. The summed E-state index contributed by atoms with van der Waals surface area (Å²) in [5, 5.41) is 4.23. The number of aryl methyl sites for hydroxylation is 1. The van der Waals surface area contributed by atoms with Crippen molar-refractivity contribution in [2.24, 2.45) is 5.14 Å². The summed E-state index contributed by atoms with van der Waals surface area (Å²) in [5.41, 5.74) is 0.896. The van der Waals surface area contributed by atoms with Crippen molar-refractivity contribution in [1.29, 1.82) is 0 Å². The van der Waals surface area contributed by atoms with E-state index in [-0.39, 0.29) is 0 Å². The summed E-state index contributed by atoms with van der Waals surface area (Å²) < 4.78 is 28.0. The topological polar surface area (TPSA) is 95.2 Å². The molecule has 0 spiro atoms. The van der Waals surface area contributed by atoms with Gasteiger partial charge in [-0.05, 0) is 26.3 Å². The van der Waals surface area contributed by atoms with E-state index >= 15 is 0 Å². The molecule has 0 aliphatic rings. The first-order valence-corrected chi connectivity index (χ1v) is 6.89. The van der Waals surface area contributed by atoms with E-state index in [2.05, 4.69) is 9.97 Å². The molecular weight excluding hydrogens is 242 g/mol. The lowest BCUT2D eigenvalue weighted by Crippen LogP contribution is -2.33. The Morgan fingerprint density at radius 1 is 1.41 bits per heavy atom. The summed E-state index contributed by atoms with van der Waals surface area (Å²) in [7, 11) is -3.69. The summed E-state index contributed by atoms with van der Waals surface area (Å²) in [6, 6.07) is 0. The Balaban J connectivity index is 3.05. The van der Waals surface area contributed by atoms with Gasteiger partial charge in [0.15, 0.2) is 5.82 Å². The van der Waals surface area contributed by atoms with Crippen LogP contribution in [0.25, 0.3) is 0 Å². The highest BCUT2D eigenvalue weighted by Crippen LogP contribution is 2.21. The highest BCUT2D eigenvalue weighted by Gasteiger charge is 2.30. The van der Waals surface area contributed by atoms with Crippen molar-refractivity contribution < 1.29 is 13.2 Å². The van der Waals surface area contributed by atoms with Gasteiger partial charge in [-0.3, -0.25) is 0 Å². The summed E-state index contributed by atoms with van der Waals surface area (Å²) >= 11 is 0. The molecule has 6 nitrogen and oxygen atoms in total. The van der Waals surface area contributed by atoms with Gasteiger partial charge in [0.25, 0.3) is 0 Å². The van der Waals surface area contributed by atoms with Gasteiger partial charge in [0.05, 0.1) is 0 Å². The molecule has 0 radical (unpaired) electrons. The SMILES string of the molecule is CCO[C@@H](c1ncc(C)cn1)[C@@H](C)S(N)(=O)=O. The van der Waals surface area contributed by atoms with E-state index in [1.807, 2.05) is 6.92 Å². The molecule has 0 unspecified atom stereocenters. The van der Waals surface area contributed by atoms with Crippen molar-refractivity contribution in [2.45, 2.75) is 32.1 Å². The number of nitrogens with zero attached hydrogens (tertiary/aromatic N) is 2. The lowest BCUT2D eigenvalue weighted by atomic mass is 10.2. The van der Waals surface area contributed by atoms with Gasteiger partial charge in [-0.25, -0.2) is 23.5 Å². The Hall–Kier alpha value is -1.05. The highest BCUT2D eigenvalue weighted by molar-refractivity contribution is 7.89. The van der Waals surface area contributed by atoms with Crippen LogP contribution in [0, 0.1) is 6.92 Å². The normalized spacial score (nSPS) is 15.5. The molecule has 1 aromatic rings. The molecule has 0 aliphatic carbocycles. The van der Waals surface area contributed by atoms with E-state index < -0.39 is 21.4 Å². The van der Waals surface area contributed by atoms with Gasteiger partial charge in [-0.2, -0.15) is 0 Å². The van der Waals surface area contributed by atoms with Crippen LogP contribution >= 0.6 is 0 Å². The first-order chi connectivity index (χ1) is 7.86. The lowest BCUT2D eigenvalue weighted by molar-refractivity contribution is 0.0556. The van der Waals surface area contributed by atoms with Gasteiger partial charge < -0.3 is 4.74 Å². The predicted octanol–water partition coefficient (Wildman–Crippen LogP) is 0.540. The Morgan fingerprint density at radius 2 is 1.94 bits per heavy atom. The minimum Gasteiger partial charge on any atom is -0.369 e. The molecule has 0 amide bonds. The summed E-state index contributed by atoms with van der Waals surface area (Å²) in [6.07, 6.45) is 2.49. The van der Waals surface area contributed by atoms with E-state index in [1.54, 1.807) is 19.3 Å². The lowest BCUT2D eigenvalue weighted by Gasteiger charge is -2.20. The second-order valence-electron chi connectivity index (χ2n) is 3.79. The number of nitrogens with two attached hydrogens (primary N) is 1. The molecule has 7 heteroatoms. The Labute approximate surface area is 101 Å².